The first kappa shape index (κ1) is 22.8. The summed E-state index contributed by atoms with van der Waals surface area (Å²) in [7, 11) is 0. The van der Waals surface area contributed by atoms with Crippen molar-refractivity contribution >= 4 is 11.6 Å². The number of hydrogen-bond donors (Lipinski definition) is 1. The highest BCUT2D eigenvalue weighted by Gasteiger charge is 2.70. The molecule has 5 rings (SSSR count). The highest BCUT2D eigenvalue weighted by Crippen LogP contribution is 2.74. The van der Waals surface area contributed by atoms with Gasteiger partial charge in [-0.25, -0.2) is 0 Å². The molecule has 0 amide bonds. The standard InChI is InChI=1S/C29H44O3/c1-24(2)13-10-18-19(30)16-28(7)22(29(18,32)17-24)9-8-21-26(5)14-12-23(31)25(3,4)20(26)11-15-27(21,28)6/h9,18,20-21,32H,8,10-17H2,1-7H3/t18-,20+,21+,26+,27-,28-,29+/m1/s1. The van der Waals surface area contributed by atoms with E-state index in [1.54, 1.807) is 0 Å². The fraction of sp³-hybridized carbons (Fsp3) is 0.862. The van der Waals surface area contributed by atoms with Crippen LogP contribution >= 0.6 is 0 Å². The summed E-state index contributed by atoms with van der Waals surface area (Å²) in [5, 5.41) is 12.2. The maximum absolute atomic E-state index is 13.6. The van der Waals surface area contributed by atoms with Crippen molar-refractivity contribution in [3.63, 3.8) is 0 Å². The lowest BCUT2D eigenvalue weighted by Crippen LogP contribution is -2.67. The zero-order chi connectivity index (χ0) is 23.5. The van der Waals surface area contributed by atoms with Crippen molar-refractivity contribution in [2.75, 3.05) is 0 Å². The lowest BCUT2D eigenvalue weighted by Gasteiger charge is -2.70. The minimum Gasteiger partial charge on any atom is -0.385 e. The molecule has 3 heteroatoms. The van der Waals surface area contributed by atoms with Crippen LogP contribution in [0.25, 0.3) is 0 Å². The Kier molecular flexibility index (Phi) is 4.54. The predicted octanol–water partition coefficient (Wildman–Crippen LogP) is 6.28. The molecule has 0 aromatic heterocycles. The maximum Gasteiger partial charge on any atom is 0.140 e. The van der Waals surface area contributed by atoms with Crippen molar-refractivity contribution in [2.24, 2.45) is 44.8 Å². The number of Topliss-reactive ketones (excluding diaryl/α,β-unsaturated/α-hetero) is 2. The Bertz CT molecular complexity index is 911. The molecule has 7 atom stereocenters. The molecule has 0 heterocycles. The number of allylic oxidation sites excluding steroid dienone is 1. The van der Waals surface area contributed by atoms with Gasteiger partial charge in [-0.05, 0) is 78.6 Å². The maximum atomic E-state index is 13.6. The van der Waals surface area contributed by atoms with E-state index in [1.165, 1.54) is 5.57 Å². The Labute approximate surface area is 194 Å². The van der Waals surface area contributed by atoms with E-state index in [1.807, 2.05) is 0 Å². The third kappa shape index (κ3) is 2.58. The SMILES string of the molecule is CC1(C)CC[C@@H]2C(=O)C[C@]3(C)C(=CC[C@H]4[C@@]5(C)CCC(=O)C(C)(C)[C@@H]5CC[C@]43C)[C@]2(O)C1. The Hall–Kier alpha value is -0.960. The molecule has 0 aromatic carbocycles. The summed E-state index contributed by atoms with van der Waals surface area (Å²) >= 11 is 0. The predicted molar refractivity (Wildman–Crippen MR) is 127 cm³/mol. The largest absolute Gasteiger partial charge is 0.385 e. The van der Waals surface area contributed by atoms with Crippen LogP contribution in [0.15, 0.2) is 11.6 Å². The van der Waals surface area contributed by atoms with Gasteiger partial charge in [0.05, 0.1) is 11.5 Å². The summed E-state index contributed by atoms with van der Waals surface area (Å²) in [6, 6.07) is 0. The molecule has 1 N–H and O–H groups in total. The fourth-order valence-corrected chi connectivity index (χ4v) is 10.2. The van der Waals surface area contributed by atoms with Crippen LogP contribution in [0.1, 0.15) is 106 Å². The van der Waals surface area contributed by atoms with Crippen molar-refractivity contribution in [2.45, 2.75) is 112 Å². The average Bonchev–Trinajstić information content (AvgIpc) is 2.64. The molecule has 0 unspecified atom stereocenters. The zero-order valence-electron chi connectivity index (χ0n) is 21.4. The summed E-state index contributed by atoms with van der Waals surface area (Å²) in [5.41, 5.74) is -0.238. The van der Waals surface area contributed by atoms with E-state index in [9.17, 15) is 14.7 Å². The molecule has 0 spiro atoms. The van der Waals surface area contributed by atoms with Crippen molar-refractivity contribution in [1.82, 2.24) is 0 Å². The van der Waals surface area contributed by atoms with Gasteiger partial charge in [0, 0.05) is 23.7 Å². The highest BCUT2D eigenvalue weighted by atomic mass is 16.3. The first-order valence-corrected chi connectivity index (χ1v) is 13.1. The van der Waals surface area contributed by atoms with E-state index >= 15 is 0 Å². The van der Waals surface area contributed by atoms with E-state index in [0.717, 1.165) is 38.5 Å². The van der Waals surface area contributed by atoms with Crippen LogP contribution in [0.5, 0.6) is 0 Å². The number of carbonyl (C=O) groups excluding carboxylic acids is 2. The molecule has 4 saturated carbocycles. The number of hydrogen-bond acceptors (Lipinski definition) is 3. The number of carbonyl (C=O) groups is 2. The van der Waals surface area contributed by atoms with E-state index in [4.69, 9.17) is 0 Å². The Balaban J connectivity index is 1.63. The highest BCUT2D eigenvalue weighted by molar-refractivity contribution is 5.87. The molecule has 178 valence electrons. The van der Waals surface area contributed by atoms with Crippen LogP contribution in [0.3, 0.4) is 0 Å². The quantitative estimate of drug-likeness (QED) is 0.451. The number of fused-ring (bicyclic) bond motifs is 7. The second kappa shape index (κ2) is 6.37. The van der Waals surface area contributed by atoms with Crippen molar-refractivity contribution in [1.29, 1.82) is 0 Å². The van der Waals surface area contributed by atoms with Gasteiger partial charge in [-0.3, -0.25) is 9.59 Å². The molecule has 0 bridgehead atoms. The minimum absolute atomic E-state index is 0.0310. The van der Waals surface area contributed by atoms with Gasteiger partial charge in [0.2, 0.25) is 0 Å². The normalized spacial score (nSPS) is 51.6. The topological polar surface area (TPSA) is 54.4 Å². The van der Waals surface area contributed by atoms with Crippen LogP contribution < -0.4 is 0 Å². The first-order chi connectivity index (χ1) is 14.6. The van der Waals surface area contributed by atoms with E-state index in [-0.39, 0.29) is 38.8 Å². The van der Waals surface area contributed by atoms with Crippen molar-refractivity contribution in [3.05, 3.63) is 11.6 Å². The molecule has 32 heavy (non-hydrogen) atoms. The van der Waals surface area contributed by atoms with Crippen molar-refractivity contribution in [3.8, 4) is 0 Å². The van der Waals surface area contributed by atoms with Crippen LogP contribution in [-0.4, -0.2) is 22.3 Å². The van der Waals surface area contributed by atoms with Gasteiger partial charge in [0.15, 0.2) is 0 Å². The smallest absolute Gasteiger partial charge is 0.140 e. The number of ketones is 2. The monoisotopic (exact) mass is 440 g/mol. The molecule has 0 aromatic rings. The first-order valence-electron chi connectivity index (χ1n) is 13.1. The lowest BCUT2D eigenvalue weighted by molar-refractivity contribution is -0.193. The molecule has 4 fully saturated rings. The fourth-order valence-electron chi connectivity index (χ4n) is 10.2. The molecule has 0 radical (unpaired) electrons. The summed E-state index contributed by atoms with van der Waals surface area (Å²) in [6.07, 6.45) is 10.2. The molecule has 5 aliphatic rings. The van der Waals surface area contributed by atoms with Gasteiger partial charge in [0.25, 0.3) is 0 Å². The molecule has 5 aliphatic carbocycles. The Morgan fingerprint density at radius 2 is 1.59 bits per heavy atom. The summed E-state index contributed by atoms with van der Waals surface area (Å²) in [5.74, 6) is 1.33. The molecular weight excluding hydrogens is 396 g/mol. The van der Waals surface area contributed by atoms with Gasteiger partial charge in [-0.1, -0.05) is 54.5 Å². The van der Waals surface area contributed by atoms with Gasteiger partial charge < -0.3 is 5.11 Å². The average molecular weight is 441 g/mol. The van der Waals surface area contributed by atoms with Gasteiger partial charge in [-0.2, -0.15) is 0 Å². The van der Waals surface area contributed by atoms with Gasteiger partial charge >= 0.3 is 0 Å². The summed E-state index contributed by atoms with van der Waals surface area (Å²) < 4.78 is 0. The molecule has 0 saturated heterocycles. The third-order valence-corrected chi connectivity index (χ3v) is 12.0. The second-order valence-electron chi connectivity index (χ2n) is 14.4. The van der Waals surface area contributed by atoms with Gasteiger partial charge in [-0.15, -0.1) is 0 Å². The van der Waals surface area contributed by atoms with Crippen LogP contribution in [0, 0.1) is 44.8 Å². The Morgan fingerprint density at radius 1 is 0.906 bits per heavy atom. The van der Waals surface area contributed by atoms with Crippen LogP contribution in [0.4, 0.5) is 0 Å². The van der Waals surface area contributed by atoms with E-state index < -0.39 is 5.60 Å². The van der Waals surface area contributed by atoms with Crippen LogP contribution in [-0.2, 0) is 9.59 Å². The number of aliphatic hydroxyl groups is 1. The summed E-state index contributed by atoms with van der Waals surface area (Å²) in [4.78, 5) is 26.5. The molecular formula is C29H44O3. The summed E-state index contributed by atoms with van der Waals surface area (Å²) in [6.45, 7) is 16.0. The van der Waals surface area contributed by atoms with E-state index in [2.05, 4.69) is 54.5 Å². The molecule has 0 aliphatic heterocycles. The number of rotatable bonds is 0. The molecule has 3 nitrogen and oxygen atoms in total. The Morgan fingerprint density at radius 3 is 2.28 bits per heavy atom. The minimum atomic E-state index is -0.987. The lowest BCUT2D eigenvalue weighted by atomic mass is 9.34. The van der Waals surface area contributed by atoms with E-state index in [0.29, 0.717) is 36.9 Å². The van der Waals surface area contributed by atoms with Crippen LogP contribution in [0.2, 0.25) is 0 Å². The third-order valence-electron chi connectivity index (χ3n) is 12.0. The zero-order valence-corrected chi connectivity index (χ0v) is 21.4. The second-order valence-corrected chi connectivity index (χ2v) is 14.4. The van der Waals surface area contributed by atoms with Crippen molar-refractivity contribution < 1.29 is 14.7 Å². The van der Waals surface area contributed by atoms with Gasteiger partial charge in [0.1, 0.15) is 11.6 Å².